The smallest absolute Gasteiger partial charge is 0.308 e. The Balaban J connectivity index is 2.14. The highest BCUT2D eigenvalue weighted by Gasteiger charge is 2.23. The van der Waals surface area contributed by atoms with Gasteiger partial charge in [-0.15, -0.1) is 11.3 Å². The summed E-state index contributed by atoms with van der Waals surface area (Å²) < 4.78 is 0. The largest absolute Gasteiger partial charge is 0.324 e. The molecule has 1 aromatic heterocycles. The number of urea groups is 1. The van der Waals surface area contributed by atoms with Crippen LogP contribution in [0.3, 0.4) is 0 Å². The summed E-state index contributed by atoms with van der Waals surface area (Å²) >= 11 is 7.15. The topological polar surface area (TPSA) is 64.9 Å². The van der Waals surface area contributed by atoms with Crippen LogP contribution in [0.15, 0.2) is 29.6 Å². The summed E-state index contributed by atoms with van der Waals surface area (Å²) in [4.78, 5) is 12.0. The Morgan fingerprint density at radius 3 is 2.41 bits per heavy atom. The molecule has 0 spiro atoms. The van der Waals surface area contributed by atoms with Crippen LogP contribution in [0.2, 0.25) is 5.02 Å². The number of benzene rings is 1. The van der Waals surface area contributed by atoms with Gasteiger partial charge in [0.25, 0.3) is 0 Å². The van der Waals surface area contributed by atoms with Crippen molar-refractivity contribution in [1.82, 2.24) is 0 Å². The second kappa shape index (κ2) is 6.39. The Bertz CT molecular complexity index is 723. The third kappa shape index (κ3) is 3.79. The van der Waals surface area contributed by atoms with Gasteiger partial charge in [-0.05, 0) is 40.6 Å². The molecule has 4 nitrogen and oxygen atoms in total. The molecule has 0 atom stereocenters. The van der Waals surface area contributed by atoms with Gasteiger partial charge in [-0.3, -0.25) is 5.32 Å². The average Bonchev–Trinajstić information content (AvgIpc) is 2.84. The first-order valence-corrected chi connectivity index (χ1v) is 7.92. The molecule has 6 heteroatoms. The van der Waals surface area contributed by atoms with Gasteiger partial charge in [0.15, 0.2) is 0 Å². The Labute approximate surface area is 138 Å². The molecule has 0 bridgehead atoms. The van der Waals surface area contributed by atoms with E-state index < -0.39 is 0 Å². The van der Waals surface area contributed by atoms with Gasteiger partial charge in [0.2, 0.25) is 0 Å². The van der Waals surface area contributed by atoms with Crippen LogP contribution in [0, 0.1) is 11.3 Å². The van der Waals surface area contributed by atoms with Crippen LogP contribution in [-0.4, -0.2) is 6.03 Å². The maximum absolute atomic E-state index is 12.0. The number of anilines is 2. The van der Waals surface area contributed by atoms with Gasteiger partial charge >= 0.3 is 6.03 Å². The number of amides is 2. The maximum atomic E-state index is 12.0. The number of nitrogens with zero attached hydrogens (tertiary/aromatic N) is 1. The molecular formula is C16H16ClN3OS. The van der Waals surface area contributed by atoms with Crippen LogP contribution in [0.5, 0.6) is 0 Å². The third-order valence-corrected chi connectivity index (χ3v) is 4.19. The number of carbonyl (C=O) groups is 1. The SMILES string of the molecule is CC(C)(C)c1csc(NC(=O)Nc2ccc(Cl)cc2)c1C#N. The Kier molecular flexibility index (Phi) is 4.74. The van der Waals surface area contributed by atoms with Crippen molar-refractivity contribution in [3.63, 3.8) is 0 Å². The van der Waals surface area contributed by atoms with E-state index >= 15 is 0 Å². The van der Waals surface area contributed by atoms with E-state index in [1.54, 1.807) is 24.3 Å². The third-order valence-electron chi connectivity index (χ3n) is 3.04. The summed E-state index contributed by atoms with van der Waals surface area (Å²) in [6.07, 6.45) is 0. The van der Waals surface area contributed by atoms with Crippen LogP contribution in [0.4, 0.5) is 15.5 Å². The van der Waals surface area contributed by atoms with E-state index in [9.17, 15) is 10.1 Å². The minimum atomic E-state index is -0.388. The second-order valence-electron chi connectivity index (χ2n) is 5.80. The fourth-order valence-corrected chi connectivity index (χ4v) is 3.17. The molecule has 114 valence electrons. The Morgan fingerprint density at radius 1 is 1.23 bits per heavy atom. The molecule has 2 aromatic rings. The van der Waals surface area contributed by atoms with Crippen molar-refractivity contribution >= 4 is 39.7 Å². The molecule has 0 aliphatic heterocycles. The van der Waals surface area contributed by atoms with Crippen molar-refractivity contribution in [2.75, 3.05) is 10.6 Å². The van der Waals surface area contributed by atoms with Crippen molar-refractivity contribution in [2.45, 2.75) is 26.2 Å². The standard InChI is InChI=1S/C16H16ClN3OS/c1-16(2,3)13-9-22-14(12(13)8-18)20-15(21)19-11-6-4-10(17)5-7-11/h4-7,9H,1-3H3,(H2,19,20,21). The maximum Gasteiger partial charge on any atom is 0.324 e. The zero-order chi connectivity index (χ0) is 16.3. The van der Waals surface area contributed by atoms with Crippen molar-refractivity contribution in [2.24, 2.45) is 0 Å². The van der Waals surface area contributed by atoms with E-state index in [0.29, 0.717) is 21.3 Å². The van der Waals surface area contributed by atoms with Gasteiger partial charge in [-0.1, -0.05) is 32.4 Å². The molecule has 0 unspecified atom stereocenters. The molecule has 2 rings (SSSR count). The predicted octanol–water partition coefficient (Wildman–Crippen LogP) is 5.21. The number of nitrogens with one attached hydrogen (secondary N) is 2. The number of thiophene rings is 1. The molecule has 0 saturated heterocycles. The van der Waals surface area contributed by atoms with Crippen LogP contribution < -0.4 is 10.6 Å². The number of hydrogen-bond acceptors (Lipinski definition) is 3. The predicted molar refractivity (Wildman–Crippen MR) is 91.8 cm³/mol. The fraction of sp³-hybridized carbons (Fsp3) is 0.250. The lowest BCUT2D eigenvalue weighted by Gasteiger charge is -2.17. The molecule has 2 N–H and O–H groups in total. The van der Waals surface area contributed by atoms with Crippen molar-refractivity contribution in [3.05, 3.63) is 45.8 Å². The summed E-state index contributed by atoms with van der Waals surface area (Å²) in [5, 5.41) is 17.9. The normalized spacial score (nSPS) is 10.9. The summed E-state index contributed by atoms with van der Waals surface area (Å²) in [6, 6.07) is 8.60. The Hall–Kier alpha value is -2.03. The summed E-state index contributed by atoms with van der Waals surface area (Å²) in [7, 11) is 0. The van der Waals surface area contributed by atoms with Gasteiger partial charge in [0.05, 0.1) is 5.56 Å². The molecule has 0 aliphatic carbocycles. The summed E-state index contributed by atoms with van der Waals surface area (Å²) in [5.41, 5.74) is 1.94. The lowest BCUT2D eigenvalue weighted by Crippen LogP contribution is -2.19. The van der Waals surface area contributed by atoms with E-state index in [-0.39, 0.29) is 11.4 Å². The number of hydrogen-bond donors (Lipinski definition) is 2. The van der Waals surface area contributed by atoms with Crippen molar-refractivity contribution in [3.8, 4) is 6.07 Å². The molecule has 1 aromatic carbocycles. The summed E-state index contributed by atoms with van der Waals surface area (Å²) in [6.45, 7) is 6.11. The average molecular weight is 334 g/mol. The zero-order valence-corrected chi connectivity index (χ0v) is 14.1. The number of nitriles is 1. The van der Waals surface area contributed by atoms with E-state index in [2.05, 4.69) is 16.7 Å². The fourth-order valence-electron chi connectivity index (χ4n) is 1.91. The number of halogens is 1. The lowest BCUT2D eigenvalue weighted by atomic mass is 9.86. The highest BCUT2D eigenvalue weighted by Crippen LogP contribution is 2.35. The van der Waals surface area contributed by atoms with Crippen LogP contribution >= 0.6 is 22.9 Å². The van der Waals surface area contributed by atoms with Gasteiger partial charge in [0, 0.05) is 10.7 Å². The first-order valence-electron chi connectivity index (χ1n) is 6.67. The lowest BCUT2D eigenvalue weighted by molar-refractivity contribution is 0.262. The number of carbonyl (C=O) groups excluding carboxylic acids is 1. The molecule has 22 heavy (non-hydrogen) atoms. The molecule has 1 heterocycles. The first kappa shape index (κ1) is 16.3. The van der Waals surface area contributed by atoms with Crippen LogP contribution in [0.25, 0.3) is 0 Å². The summed E-state index contributed by atoms with van der Waals surface area (Å²) in [5.74, 6) is 0. The molecule has 2 amide bonds. The van der Waals surface area contributed by atoms with E-state index in [0.717, 1.165) is 5.56 Å². The first-order chi connectivity index (χ1) is 10.3. The van der Waals surface area contributed by atoms with Gasteiger partial charge < -0.3 is 5.32 Å². The molecule has 0 aliphatic rings. The van der Waals surface area contributed by atoms with Gasteiger partial charge in [-0.25, -0.2) is 4.79 Å². The minimum absolute atomic E-state index is 0.145. The number of rotatable bonds is 2. The quantitative estimate of drug-likeness (QED) is 0.791. The highest BCUT2D eigenvalue weighted by molar-refractivity contribution is 7.14. The zero-order valence-electron chi connectivity index (χ0n) is 12.5. The monoisotopic (exact) mass is 333 g/mol. The highest BCUT2D eigenvalue weighted by atomic mass is 35.5. The molecule has 0 saturated carbocycles. The van der Waals surface area contributed by atoms with Crippen LogP contribution in [-0.2, 0) is 5.41 Å². The van der Waals surface area contributed by atoms with Crippen LogP contribution in [0.1, 0.15) is 31.9 Å². The minimum Gasteiger partial charge on any atom is -0.308 e. The second-order valence-corrected chi connectivity index (χ2v) is 7.12. The van der Waals surface area contributed by atoms with Gasteiger partial charge in [0.1, 0.15) is 11.1 Å². The van der Waals surface area contributed by atoms with Crippen molar-refractivity contribution < 1.29 is 4.79 Å². The van der Waals surface area contributed by atoms with E-state index in [1.165, 1.54) is 11.3 Å². The molecule has 0 fully saturated rings. The van der Waals surface area contributed by atoms with Crippen molar-refractivity contribution in [1.29, 1.82) is 5.26 Å². The van der Waals surface area contributed by atoms with E-state index in [1.807, 2.05) is 26.2 Å². The van der Waals surface area contributed by atoms with Gasteiger partial charge in [-0.2, -0.15) is 5.26 Å². The molecule has 0 radical (unpaired) electrons. The Morgan fingerprint density at radius 2 is 1.86 bits per heavy atom. The van der Waals surface area contributed by atoms with E-state index in [4.69, 9.17) is 11.6 Å². The molecular weight excluding hydrogens is 318 g/mol.